The summed E-state index contributed by atoms with van der Waals surface area (Å²) >= 11 is 1.38. The molecule has 0 unspecified atom stereocenters. The topological polar surface area (TPSA) is 108 Å². The Morgan fingerprint density at radius 3 is 2.82 bits per heavy atom. The molecule has 34 heavy (non-hydrogen) atoms. The third kappa shape index (κ3) is 4.67. The Morgan fingerprint density at radius 2 is 2.09 bits per heavy atom. The van der Waals surface area contributed by atoms with Crippen LogP contribution in [0.1, 0.15) is 33.3 Å². The smallest absolute Gasteiger partial charge is 0.339 e. The standard InChI is InChI=1S/C25H21FN4O3S/c1-3-33-21-9-15(4-5-18(21)25(31)32)20-11-23(30-13-29-20)28-7-6-17-19-10-16(26)8-14(2)24(19)34-22(17)12-27/h4-5,8-11,13H,3,6-7H2,1-2H3,(H,31,32)(H,28,29,30). The van der Waals surface area contributed by atoms with E-state index in [2.05, 4.69) is 21.4 Å². The number of carboxylic acids is 1. The van der Waals surface area contributed by atoms with Crippen molar-refractivity contribution in [1.29, 1.82) is 5.26 Å². The largest absolute Gasteiger partial charge is 0.493 e. The lowest BCUT2D eigenvalue weighted by atomic mass is 10.1. The number of fused-ring (bicyclic) bond motifs is 1. The Hall–Kier alpha value is -4.03. The van der Waals surface area contributed by atoms with E-state index in [1.807, 2.05) is 6.92 Å². The van der Waals surface area contributed by atoms with Crippen LogP contribution in [-0.2, 0) is 6.42 Å². The Bertz CT molecular complexity index is 1430. The Balaban J connectivity index is 1.54. The van der Waals surface area contributed by atoms with E-state index in [0.717, 1.165) is 21.2 Å². The van der Waals surface area contributed by atoms with Gasteiger partial charge in [-0.15, -0.1) is 11.3 Å². The number of aromatic nitrogens is 2. The number of aryl methyl sites for hydroxylation is 1. The lowest BCUT2D eigenvalue weighted by molar-refractivity contribution is 0.0692. The van der Waals surface area contributed by atoms with Crippen molar-refractivity contribution in [3.8, 4) is 23.1 Å². The number of thiophene rings is 1. The first-order valence-corrected chi connectivity index (χ1v) is 11.4. The maximum Gasteiger partial charge on any atom is 0.339 e. The second-order valence-corrected chi connectivity index (χ2v) is 8.56. The first kappa shape index (κ1) is 23.1. The Labute approximate surface area is 199 Å². The third-order valence-electron chi connectivity index (χ3n) is 5.30. The van der Waals surface area contributed by atoms with E-state index >= 15 is 0 Å². The maximum atomic E-state index is 14.0. The molecule has 0 aliphatic rings. The number of carboxylic acid groups (broad SMARTS) is 1. The fraction of sp³-hybridized carbons (Fsp3) is 0.200. The molecule has 0 spiro atoms. The SMILES string of the molecule is CCOc1cc(-c2cc(NCCc3c(C#N)sc4c(C)cc(F)cc34)ncn2)ccc1C(=O)O. The van der Waals surface area contributed by atoms with Crippen molar-refractivity contribution in [1.82, 2.24) is 9.97 Å². The summed E-state index contributed by atoms with van der Waals surface area (Å²) in [5.41, 5.74) is 3.02. The highest BCUT2D eigenvalue weighted by Gasteiger charge is 2.16. The molecule has 0 fully saturated rings. The fourth-order valence-corrected chi connectivity index (χ4v) is 4.87. The average Bonchev–Trinajstić information content (AvgIpc) is 3.17. The number of anilines is 1. The van der Waals surface area contributed by atoms with Crippen LogP contribution < -0.4 is 10.1 Å². The summed E-state index contributed by atoms with van der Waals surface area (Å²) in [4.78, 5) is 20.5. The molecule has 0 bridgehead atoms. The van der Waals surface area contributed by atoms with Crippen molar-refractivity contribution in [2.24, 2.45) is 0 Å². The molecule has 0 saturated carbocycles. The number of rotatable bonds is 8. The molecule has 172 valence electrons. The number of aromatic carboxylic acids is 1. The van der Waals surface area contributed by atoms with Crippen LogP contribution in [0.15, 0.2) is 42.7 Å². The highest BCUT2D eigenvalue weighted by Crippen LogP contribution is 2.34. The van der Waals surface area contributed by atoms with Crippen molar-refractivity contribution in [2.75, 3.05) is 18.5 Å². The molecule has 2 aromatic heterocycles. The van der Waals surface area contributed by atoms with Crippen LogP contribution in [0.3, 0.4) is 0 Å². The zero-order valence-electron chi connectivity index (χ0n) is 18.6. The molecule has 0 amide bonds. The minimum absolute atomic E-state index is 0.0842. The zero-order chi connectivity index (χ0) is 24.2. The lowest BCUT2D eigenvalue weighted by Gasteiger charge is -2.11. The molecule has 0 saturated heterocycles. The summed E-state index contributed by atoms with van der Waals surface area (Å²) in [6.07, 6.45) is 1.94. The van der Waals surface area contributed by atoms with Gasteiger partial charge >= 0.3 is 5.97 Å². The van der Waals surface area contributed by atoms with Gasteiger partial charge in [0.2, 0.25) is 0 Å². The quantitative estimate of drug-likeness (QED) is 0.349. The normalized spacial score (nSPS) is 10.8. The van der Waals surface area contributed by atoms with Gasteiger partial charge in [-0.1, -0.05) is 6.07 Å². The van der Waals surface area contributed by atoms with Crippen LogP contribution in [0.4, 0.5) is 10.2 Å². The molecule has 2 heterocycles. The molecule has 4 aromatic rings. The Kier molecular flexibility index (Phi) is 6.70. The number of nitriles is 1. The van der Waals surface area contributed by atoms with Crippen molar-refractivity contribution in [2.45, 2.75) is 20.3 Å². The van der Waals surface area contributed by atoms with Crippen LogP contribution in [0.2, 0.25) is 0 Å². The number of carbonyl (C=O) groups is 1. The van der Waals surface area contributed by atoms with E-state index in [1.165, 1.54) is 35.9 Å². The molecule has 0 aliphatic heterocycles. The summed E-state index contributed by atoms with van der Waals surface area (Å²) in [5, 5.41) is 22.9. The summed E-state index contributed by atoms with van der Waals surface area (Å²) in [7, 11) is 0. The van der Waals surface area contributed by atoms with Gasteiger partial charge in [0.15, 0.2) is 0 Å². The van der Waals surface area contributed by atoms with E-state index in [9.17, 15) is 19.6 Å². The number of hydrogen-bond donors (Lipinski definition) is 2. The number of nitrogens with zero attached hydrogens (tertiary/aromatic N) is 3. The third-order valence-corrected chi connectivity index (χ3v) is 6.59. The summed E-state index contributed by atoms with van der Waals surface area (Å²) in [6, 6.07) is 11.7. The zero-order valence-corrected chi connectivity index (χ0v) is 19.4. The van der Waals surface area contributed by atoms with E-state index in [0.29, 0.717) is 41.5 Å². The van der Waals surface area contributed by atoms with Crippen molar-refractivity contribution in [3.63, 3.8) is 0 Å². The molecule has 0 radical (unpaired) electrons. The van der Waals surface area contributed by atoms with Crippen LogP contribution in [0, 0.1) is 24.1 Å². The van der Waals surface area contributed by atoms with Gasteiger partial charge in [-0.3, -0.25) is 0 Å². The van der Waals surface area contributed by atoms with Crippen LogP contribution >= 0.6 is 11.3 Å². The van der Waals surface area contributed by atoms with E-state index < -0.39 is 5.97 Å². The monoisotopic (exact) mass is 476 g/mol. The maximum absolute atomic E-state index is 14.0. The number of hydrogen-bond acceptors (Lipinski definition) is 7. The van der Waals surface area contributed by atoms with Gasteiger partial charge in [-0.05, 0) is 55.7 Å². The van der Waals surface area contributed by atoms with Gasteiger partial charge in [-0.2, -0.15) is 5.26 Å². The van der Waals surface area contributed by atoms with Gasteiger partial charge in [0, 0.05) is 28.3 Å². The highest BCUT2D eigenvalue weighted by atomic mass is 32.1. The van der Waals surface area contributed by atoms with Gasteiger partial charge < -0.3 is 15.2 Å². The molecule has 0 aliphatic carbocycles. The predicted octanol–water partition coefficient (Wildman–Crippen LogP) is 5.43. The molecule has 0 atom stereocenters. The molecule has 7 nitrogen and oxygen atoms in total. The number of halogens is 1. The van der Waals surface area contributed by atoms with E-state index in [4.69, 9.17) is 4.74 Å². The first-order chi connectivity index (χ1) is 16.4. The van der Waals surface area contributed by atoms with Crippen molar-refractivity contribution in [3.05, 3.63) is 70.1 Å². The Morgan fingerprint density at radius 1 is 1.26 bits per heavy atom. The first-order valence-electron chi connectivity index (χ1n) is 10.6. The summed E-state index contributed by atoms with van der Waals surface area (Å²) in [5.74, 6) is -0.530. The van der Waals surface area contributed by atoms with Gasteiger partial charge in [0.25, 0.3) is 0 Å². The van der Waals surface area contributed by atoms with E-state index in [1.54, 1.807) is 25.1 Å². The molecular weight excluding hydrogens is 455 g/mol. The van der Waals surface area contributed by atoms with Gasteiger partial charge in [-0.25, -0.2) is 19.2 Å². The molecule has 9 heteroatoms. The average molecular weight is 477 g/mol. The predicted molar refractivity (Wildman–Crippen MR) is 129 cm³/mol. The van der Waals surface area contributed by atoms with Crippen LogP contribution in [0.5, 0.6) is 5.75 Å². The fourth-order valence-electron chi connectivity index (χ4n) is 3.77. The molecule has 2 aromatic carbocycles. The number of benzene rings is 2. The molecular formula is C25H21FN4O3S. The van der Waals surface area contributed by atoms with Crippen molar-refractivity contribution < 1.29 is 19.0 Å². The lowest BCUT2D eigenvalue weighted by Crippen LogP contribution is -2.07. The highest BCUT2D eigenvalue weighted by molar-refractivity contribution is 7.20. The van der Waals surface area contributed by atoms with Crippen LogP contribution in [0.25, 0.3) is 21.3 Å². The molecule has 4 rings (SSSR count). The number of ether oxygens (including phenoxy) is 1. The van der Waals surface area contributed by atoms with Gasteiger partial charge in [0.05, 0.1) is 12.3 Å². The minimum Gasteiger partial charge on any atom is -0.493 e. The summed E-state index contributed by atoms with van der Waals surface area (Å²) < 4.78 is 20.4. The summed E-state index contributed by atoms with van der Waals surface area (Å²) in [6.45, 7) is 4.45. The van der Waals surface area contributed by atoms with E-state index in [-0.39, 0.29) is 17.1 Å². The minimum atomic E-state index is -1.06. The van der Waals surface area contributed by atoms with Gasteiger partial charge in [0.1, 0.15) is 40.2 Å². The second kappa shape index (κ2) is 9.85. The van der Waals surface area contributed by atoms with Crippen LogP contribution in [-0.4, -0.2) is 34.2 Å². The second-order valence-electron chi connectivity index (χ2n) is 7.54. The van der Waals surface area contributed by atoms with Crippen molar-refractivity contribution >= 4 is 33.2 Å². The number of nitrogens with one attached hydrogen (secondary N) is 1. The molecule has 2 N–H and O–H groups in total.